The Hall–Kier alpha value is -1.65. The van der Waals surface area contributed by atoms with Gasteiger partial charge < -0.3 is 15.0 Å². The lowest BCUT2D eigenvalue weighted by Crippen LogP contribution is -2.35. The van der Waals surface area contributed by atoms with E-state index in [2.05, 4.69) is 47.3 Å². The number of H-pyrrole nitrogens is 1. The van der Waals surface area contributed by atoms with Crippen LogP contribution in [0.5, 0.6) is 0 Å². The number of imidazole rings is 1. The lowest BCUT2D eigenvalue weighted by Gasteiger charge is -2.21. The Morgan fingerprint density at radius 2 is 2.21 bits per heavy atom. The third kappa shape index (κ3) is 2.55. The third-order valence-corrected chi connectivity index (χ3v) is 3.52. The van der Waals surface area contributed by atoms with Gasteiger partial charge in [-0.2, -0.15) is 0 Å². The van der Waals surface area contributed by atoms with Gasteiger partial charge in [-0.05, 0) is 19.4 Å². The molecular weight excluding hydrogens is 238 g/mol. The fourth-order valence-corrected chi connectivity index (χ4v) is 2.51. The molecule has 19 heavy (non-hydrogen) atoms. The summed E-state index contributed by atoms with van der Waals surface area (Å²) in [5, 5.41) is 3.41. The second kappa shape index (κ2) is 5.15. The maximum atomic E-state index is 5.47. The fraction of sp³-hybridized carbons (Fsp3) is 0.400. The van der Waals surface area contributed by atoms with E-state index < -0.39 is 0 Å². The maximum absolute atomic E-state index is 5.47. The molecule has 0 aliphatic carbocycles. The number of morpholine rings is 1. The molecule has 1 aliphatic rings. The van der Waals surface area contributed by atoms with E-state index in [0.29, 0.717) is 6.61 Å². The van der Waals surface area contributed by atoms with Crippen LogP contribution in [0, 0.1) is 13.8 Å². The zero-order valence-electron chi connectivity index (χ0n) is 11.4. The second-order valence-corrected chi connectivity index (χ2v) is 5.08. The molecule has 100 valence electrons. The number of benzene rings is 1. The van der Waals surface area contributed by atoms with Gasteiger partial charge >= 0.3 is 0 Å². The van der Waals surface area contributed by atoms with Crippen LogP contribution >= 0.6 is 0 Å². The quantitative estimate of drug-likeness (QED) is 0.868. The van der Waals surface area contributed by atoms with E-state index >= 15 is 0 Å². The minimum absolute atomic E-state index is 0.174. The summed E-state index contributed by atoms with van der Waals surface area (Å²) in [6.45, 7) is 6.58. The summed E-state index contributed by atoms with van der Waals surface area (Å²) in [6.07, 6.45) is 1.91. The first-order valence-electron chi connectivity index (χ1n) is 6.68. The summed E-state index contributed by atoms with van der Waals surface area (Å²) in [5.41, 5.74) is 4.83. The lowest BCUT2D eigenvalue weighted by atomic mass is 10.0. The van der Waals surface area contributed by atoms with E-state index in [1.165, 1.54) is 16.7 Å². The number of rotatable bonds is 2. The van der Waals surface area contributed by atoms with Gasteiger partial charge in [0, 0.05) is 12.1 Å². The molecule has 4 heteroatoms. The van der Waals surface area contributed by atoms with Gasteiger partial charge in [-0.1, -0.05) is 23.8 Å². The van der Waals surface area contributed by atoms with Crippen molar-refractivity contribution < 1.29 is 4.74 Å². The van der Waals surface area contributed by atoms with Crippen molar-refractivity contribution in [2.75, 3.05) is 19.8 Å². The Morgan fingerprint density at radius 3 is 2.95 bits per heavy atom. The first-order chi connectivity index (χ1) is 9.24. The van der Waals surface area contributed by atoms with Crippen LogP contribution in [-0.4, -0.2) is 29.7 Å². The fourth-order valence-electron chi connectivity index (χ4n) is 2.51. The van der Waals surface area contributed by atoms with Crippen molar-refractivity contribution in [2.45, 2.75) is 19.9 Å². The Labute approximate surface area is 113 Å². The average molecular weight is 257 g/mol. The molecular formula is C15H19N3O. The maximum Gasteiger partial charge on any atom is 0.126 e. The van der Waals surface area contributed by atoms with Crippen LogP contribution in [0.15, 0.2) is 24.4 Å². The van der Waals surface area contributed by atoms with E-state index in [9.17, 15) is 0 Å². The molecule has 3 rings (SSSR count). The predicted molar refractivity (Wildman–Crippen MR) is 75.1 cm³/mol. The zero-order chi connectivity index (χ0) is 13.2. The zero-order valence-corrected chi connectivity index (χ0v) is 11.4. The molecule has 2 heterocycles. The smallest absolute Gasteiger partial charge is 0.126 e. The Bertz CT molecular complexity index is 571. The van der Waals surface area contributed by atoms with E-state index in [1.807, 2.05) is 6.20 Å². The van der Waals surface area contributed by atoms with Crippen molar-refractivity contribution in [3.63, 3.8) is 0 Å². The standard InChI is InChI=1S/C15H19N3O/c1-10-3-4-12(11(2)7-10)13-8-17-15(18-13)14-9-19-6-5-16-14/h3-4,7-8,14,16H,5-6,9H2,1-2H3,(H,17,18). The molecule has 1 unspecified atom stereocenters. The number of aryl methyl sites for hydroxylation is 2. The minimum atomic E-state index is 0.174. The van der Waals surface area contributed by atoms with Crippen molar-refractivity contribution >= 4 is 0 Å². The number of hydrogen-bond acceptors (Lipinski definition) is 3. The second-order valence-electron chi connectivity index (χ2n) is 5.08. The van der Waals surface area contributed by atoms with E-state index in [-0.39, 0.29) is 6.04 Å². The molecule has 1 atom stereocenters. The minimum Gasteiger partial charge on any atom is -0.378 e. The van der Waals surface area contributed by atoms with E-state index in [0.717, 1.165) is 24.7 Å². The van der Waals surface area contributed by atoms with Gasteiger partial charge in [0.2, 0.25) is 0 Å². The van der Waals surface area contributed by atoms with Gasteiger partial charge in [0.1, 0.15) is 5.82 Å². The van der Waals surface area contributed by atoms with Crippen LogP contribution in [-0.2, 0) is 4.74 Å². The topological polar surface area (TPSA) is 49.9 Å². The summed E-state index contributed by atoms with van der Waals surface area (Å²) >= 11 is 0. The normalized spacial score (nSPS) is 19.6. The Morgan fingerprint density at radius 1 is 1.32 bits per heavy atom. The molecule has 0 saturated carbocycles. The molecule has 2 N–H and O–H groups in total. The molecule has 0 radical (unpaired) electrons. The Balaban J connectivity index is 1.87. The summed E-state index contributed by atoms with van der Waals surface area (Å²) in [6, 6.07) is 6.64. The van der Waals surface area contributed by atoms with Crippen LogP contribution in [0.2, 0.25) is 0 Å². The molecule has 0 spiro atoms. The summed E-state index contributed by atoms with van der Waals surface area (Å²) < 4.78 is 5.47. The molecule has 0 amide bonds. The van der Waals surface area contributed by atoms with Crippen LogP contribution in [0.4, 0.5) is 0 Å². The number of aromatic nitrogens is 2. The van der Waals surface area contributed by atoms with Crippen molar-refractivity contribution in [2.24, 2.45) is 0 Å². The highest BCUT2D eigenvalue weighted by molar-refractivity contribution is 5.63. The van der Waals surface area contributed by atoms with Gasteiger partial charge in [0.05, 0.1) is 31.1 Å². The molecule has 1 saturated heterocycles. The van der Waals surface area contributed by atoms with Gasteiger partial charge in [-0.25, -0.2) is 4.98 Å². The summed E-state index contributed by atoms with van der Waals surface area (Å²) in [4.78, 5) is 7.89. The van der Waals surface area contributed by atoms with Crippen molar-refractivity contribution in [1.82, 2.24) is 15.3 Å². The SMILES string of the molecule is Cc1ccc(-c2cnc(C3COCCN3)[nH]2)c(C)c1. The van der Waals surface area contributed by atoms with E-state index in [4.69, 9.17) is 4.74 Å². The lowest BCUT2D eigenvalue weighted by molar-refractivity contribution is 0.0745. The first-order valence-corrected chi connectivity index (χ1v) is 6.68. The number of ether oxygens (including phenoxy) is 1. The largest absolute Gasteiger partial charge is 0.378 e. The predicted octanol–water partition coefficient (Wildman–Crippen LogP) is 2.35. The molecule has 1 aromatic carbocycles. The van der Waals surface area contributed by atoms with Gasteiger partial charge in [0.15, 0.2) is 0 Å². The number of hydrogen-bond donors (Lipinski definition) is 2. The average Bonchev–Trinajstić information content (AvgIpc) is 2.89. The number of aromatic amines is 1. The number of nitrogens with one attached hydrogen (secondary N) is 2. The molecule has 4 nitrogen and oxygen atoms in total. The van der Waals surface area contributed by atoms with Gasteiger partial charge in [-0.15, -0.1) is 0 Å². The molecule has 1 fully saturated rings. The highest BCUT2D eigenvalue weighted by Gasteiger charge is 2.18. The molecule has 0 bridgehead atoms. The molecule has 1 aliphatic heterocycles. The highest BCUT2D eigenvalue weighted by Crippen LogP contribution is 2.24. The van der Waals surface area contributed by atoms with Crippen LogP contribution < -0.4 is 5.32 Å². The van der Waals surface area contributed by atoms with Crippen LogP contribution in [0.25, 0.3) is 11.3 Å². The van der Waals surface area contributed by atoms with Crippen molar-refractivity contribution in [3.8, 4) is 11.3 Å². The van der Waals surface area contributed by atoms with E-state index in [1.54, 1.807) is 0 Å². The van der Waals surface area contributed by atoms with Gasteiger partial charge in [-0.3, -0.25) is 0 Å². The van der Waals surface area contributed by atoms with Crippen molar-refractivity contribution in [1.29, 1.82) is 0 Å². The van der Waals surface area contributed by atoms with Crippen LogP contribution in [0.1, 0.15) is 23.0 Å². The highest BCUT2D eigenvalue weighted by atomic mass is 16.5. The summed E-state index contributed by atoms with van der Waals surface area (Å²) in [7, 11) is 0. The Kier molecular flexibility index (Phi) is 3.36. The first kappa shape index (κ1) is 12.4. The summed E-state index contributed by atoms with van der Waals surface area (Å²) in [5.74, 6) is 0.953. The monoisotopic (exact) mass is 257 g/mol. The molecule has 2 aromatic rings. The number of nitrogens with zero attached hydrogens (tertiary/aromatic N) is 1. The van der Waals surface area contributed by atoms with Crippen molar-refractivity contribution in [3.05, 3.63) is 41.3 Å². The third-order valence-electron chi connectivity index (χ3n) is 3.52. The molecule has 1 aromatic heterocycles. The van der Waals surface area contributed by atoms with Gasteiger partial charge in [0.25, 0.3) is 0 Å². The van der Waals surface area contributed by atoms with Crippen LogP contribution in [0.3, 0.4) is 0 Å².